The Bertz CT molecular complexity index is 1020. The van der Waals surface area contributed by atoms with Crippen molar-refractivity contribution in [2.24, 2.45) is 5.92 Å². The highest BCUT2D eigenvalue weighted by molar-refractivity contribution is 6.31. The monoisotopic (exact) mass is 512 g/mol. The number of piperidine rings is 1. The zero-order valence-electron chi connectivity index (χ0n) is 18.0. The predicted molar refractivity (Wildman–Crippen MR) is 123 cm³/mol. The van der Waals surface area contributed by atoms with Crippen molar-refractivity contribution in [1.29, 1.82) is 0 Å². The highest BCUT2D eigenvalue weighted by atomic mass is 35.5. The summed E-state index contributed by atoms with van der Waals surface area (Å²) >= 11 is 11.4. The Labute approximate surface area is 205 Å². The van der Waals surface area contributed by atoms with Crippen LogP contribution in [0.2, 0.25) is 10.0 Å². The lowest BCUT2D eigenvalue weighted by molar-refractivity contribution is -0.134. The first kappa shape index (κ1) is 25.5. The number of nitrogens with one attached hydrogen (secondary N) is 3. The van der Waals surface area contributed by atoms with Gasteiger partial charge >= 0.3 is 0 Å². The average molecular weight is 513 g/mol. The van der Waals surface area contributed by atoms with Crippen LogP contribution in [-0.2, 0) is 14.4 Å². The Morgan fingerprint density at radius 2 is 1.53 bits per heavy atom. The smallest absolute Gasteiger partial charge is 0.276 e. The maximum absolute atomic E-state index is 13.4. The van der Waals surface area contributed by atoms with Crippen LogP contribution in [0.1, 0.15) is 12.8 Å². The normalized spacial score (nSPS) is 14.2. The van der Waals surface area contributed by atoms with Gasteiger partial charge in [0.05, 0.1) is 5.02 Å². The van der Waals surface area contributed by atoms with Gasteiger partial charge in [-0.25, -0.2) is 9.40 Å². The topological polar surface area (TPSA) is 109 Å². The van der Waals surface area contributed by atoms with E-state index in [2.05, 4.69) is 16.3 Å². The van der Waals surface area contributed by atoms with E-state index in [0.717, 1.165) is 6.07 Å². The first-order valence-electron chi connectivity index (χ1n) is 10.4. The second-order valence-corrected chi connectivity index (χ2v) is 8.28. The largest absolute Gasteiger partial charge is 0.484 e. The lowest BCUT2D eigenvalue weighted by atomic mass is 9.97. The fourth-order valence-electron chi connectivity index (χ4n) is 3.13. The number of halogens is 3. The molecule has 1 fully saturated rings. The number of hydrogen-bond donors (Lipinski definition) is 3. The van der Waals surface area contributed by atoms with Crippen molar-refractivity contribution in [3.63, 3.8) is 0 Å². The van der Waals surface area contributed by atoms with Crippen LogP contribution in [0.4, 0.5) is 4.39 Å². The van der Waals surface area contributed by atoms with Crippen molar-refractivity contribution >= 4 is 40.9 Å². The molecule has 1 aliphatic heterocycles. The van der Waals surface area contributed by atoms with E-state index < -0.39 is 17.6 Å². The standard InChI is InChI=1S/C22H23Cl2FN4O5/c23-15-1-3-16(4-2-15)33-12-20(30)26-27-22(32)14-7-9-29(10-8-14)28-21(31)13-34-17-5-6-18(24)19(25)11-17/h1-6,11,14H,7-10,12-13H2,(H,26,30)(H,27,32)(H,28,31). The second-order valence-electron chi connectivity index (χ2n) is 7.44. The van der Waals surface area contributed by atoms with Gasteiger partial charge in [-0.05, 0) is 49.2 Å². The van der Waals surface area contributed by atoms with Gasteiger partial charge in [0.25, 0.3) is 11.8 Å². The molecule has 182 valence electrons. The van der Waals surface area contributed by atoms with Crippen molar-refractivity contribution in [2.75, 3.05) is 26.3 Å². The summed E-state index contributed by atoms with van der Waals surface area (Å²) in [5, 5.41) is 2.20. The van der Waals surface area contributed by atoms with Gasteiger partial charge in [0.1, 0.15) is 17.3 Å². The summed E-state index contributed by atoms with van der Waals surface area (Å²) in [6, 6.07) is 10.4. The molecule has 0 saturated carbocycles. The molecular formula is C22H23Cl2FN4O5. The summed E-state index contributed by atoms with van der Waals surface area (Å²) in [4.78, 5) is 36.2. The molecule has 1 saturated heterocycles. The maximum Gasteiger partial charge on any atom is 0.276 e. The molecular weight excluding hydrogens is 490 g/mol. The Morgan fingerprint density at radius 1 is 0.912 bits per heavy atom. The van der Waals surface area contributed by atoms with Gasteiger partial charge in [-0.15, -0.1) is 0 Å². The molecule has 0 aliphatic carbocycles. The number of carbonyl (C=O) groups is 3. The molecule has 1 heterocycles. The number of hydrazine groups is 2. The highest BCUT2D eigenvalue weighted by Crippen LogP contribution is 2.20. The minimum absolute atomic E-state index is 0.0328. The number of hydrogen-bond acceptors (Lipinski definition) is 6. The van der Waals surface area contributed by atoms with Crippen molar-refractivity contribution in [3.05, 3.63) is 58.3 Å². The number of rotatable bonds is 8. The number of nitrogens with zero attached hydrogens (tertiary/aromatic N) is 1. The van der Waals surface area contributed by atoms with Crippen LogP contribution in [0.3, 0.4) is 0 Å². The van der Waals surface area contributed by atoms with Gasteiger partial charge in [-0.3, -0.25) is 30.7 Å². The molecule has 3 rings (SSSR count). The van der Waals surface area contributed by atoms with Gasteiger partial charge in [0.15, 0.2) is 13.2 Å². The quantitative estimate of drug-likeness (QED) is 0.469. The third-order valence-corrected chi connectivity index (χ3v) is 5.48. The van der Waals surface area contributed by atoms with E-state index in [1.807, 2.05) is 0 Å². The van der Waals surface area contributed by atoms with E-state index in [1.54, 1.807) is 29.3 Å². The lowest BCUT2D eigenvalue weighted by Gasteiger charge is -2.31. The summed E-state index contributed by atoms with van der Waals surface area (Å²) in [5.41, 5.74) is 7.40. The fraction of sp³-hybridized carbons (Fsp3) is 0.318. The molecule has 2 aromatic carbocycles. The molecule has 3 amide bonds. The molecule has 3 N–H and O–H groups in total. The van der Waals surface area contributed by atoms with E-state index in [1.165, 1.54) is 12.1 Å². The van der Waals surface area contributed by atoms with Crippen LogP contribution < -0.4 is 25.8 Å². The highest BCUT2D eigenvalue weighted by Gasteiger charge is 2.26. The summed E-state index contributed by atoms with van der Waals surface area (Å²) in [6.07, 6.45) is 0.957. The molecule has 0 radical (unpaired) electrons. The molecule has 1 aliphatic rings. The minimum Gasteiger partial charge on any atom is -0.484 e. The SMILES string of the molecule is O=C(COc1ccc(Cl)cc1)NNC(=O)C1CCN(NC(=O)COc2ccc(Cl)c(F)c2)CC1. The molecule has 0 aromatic heterocycles. The van der Waals surface area contributed by atoms with E-state index in [0.29, 0.717) is 36.7 Å². The van der Waals surface area contributed by atoms with Crippen molar-refractivity contribution in [2.45, 2.75) is 12.8 Å². The summed E-state index contributed by atoms with van der Waals surface area (Å²) in [6.45, 7) is 0.308. The number of ether oxygens (including phenoxy) is 2. The molecule has 0 unspecified atom stereocenters. The van der Waals surface area contributed by atoms with Gasteiger partial charge in [0, 0.05) is 30.1 Å². The van der Waals surface area contributed by atoms with Gasteiger partial charge in [-0.1, -0.05) is 23.2 Å². The summed E-state index contributed by atoms with van der Waals surface area (Å²) < 4.78 is 24.0. The average Bonchev–Trinajstić information content (AvgIpc) is 2.83. The van der Waals surface area contributed by atoms with Crippen molar-refractivity contribution in [1.82, 2.24) is 21.3 Å². The molecule has 0 bridgehead atoms. The van der Waals surface area contributed by atoms with Crippen LogP contribution in [0.5, 0.6) is 11.5 Å². The van der Waals surface area contributed by atoms with Gasteiger partial charge in [-0.2, -0.15) is 0 Å². The number of benzene rings is 2. The van der Waals surface area contributed by atoms with Crippen LogP contribution in [0.25, 0.3) is 0 Å². The first-order valence-corrected chi connectivity index (χ1v) is 11.1. The number of carbonyl (C=O) groups excluding carboxylic acids is 3. The molecule has 0 atom stereocenters. The first-order chi connectivity index (χ1) is 16.3. The fourth-order valence-corrected chi connectivity index (χ4v) is 3.37. The van der Waals surface area contributed by atoms with Crippen molar-refractivity contribution < 1.29 is 28.2 Å². The van der Waals surface area contributed by atoms with Crippen LogP contribution in [-0.4, -0.2) is 49.0 Å². The zero-order valence-corrected chi connectivity index (χ0v) is 19.5. The molecule has 2 aromatic rings. The Balaban J connectivity index is 1.30. The van der Waals surface area contributed by atoms with E-state index >= 15 is 0 Å². The third kappa shape index (κ3) is 8.05. The lowest BCUT2D eigenvalue weighted by Crippen LogP contribution is -2.52. The van der Waals surface area contributed by atoms with Crippen molar-refractivity contribution in [3.8, 4) is 11.5 Å². The Morgan fingerprint density at radius 3 is 2.21 bits per heavy atom. The maximum atomic E-state index is 13.4. The minimum atomic E-state index is -0.634. The Kier molecular flexibility index (Phi) is 9.32. The molecule has 9 nitrogen and oxygen atoms in total. The second kappa shape index (κ2) is 12.4. The summed E-state index contributed by atoms with van der Waals surface area (Å²) in [7, 11) is 0. The van der Waals surface area contributed by atoms with E-state index in [4.69, 9.17) is 32.7 Å². The third-order valence-electron chi connectivity index (χ3n) is 4.92. The van der Waals surface area contributed by atoms with Gasteiger partial charge < -0.3 is 9.47 Å². The Hall–Kier alpha value is -3.08. The van der Waals surface area contributed by atoms with E-state index in [9.17, 15) is 18.8 Å². The van der Waals surface area contributed by atoms with Crippen LogP contribution in [0, 0.1) is 11.7 Å². The van der Waals surface area contributed by atoms with Crippen LogP contribution in [0.15, 0.2) is 42.5 Å². The zero-order chi connectivity index (χ0) is 24.5. The van der Waals surface area contributed by atoms with Crippen LogP contribution >= 0.6 is 23.2 Å². The number of amides is 3. The molecule has 34 heavy (non-hydrogen) atoms. The van der Waals surface area contributed by atoms with Gasteiger partial charge in [0.2, 0.25) is 5.91 Å². The molecule has 0 spiro atoms. The predicted octanol–water partition coefficient (Wildman–Crippen LogP) is 2.48. The van der Waals surface area contributed by atoms with E-state index in [-0.39, 0.29) is 35.8 Å². The summed E-state index contributed by atoms with van der Waals surface area (Å²) in [5.74, 6) is -1.53. The molecule has 12 heteroatoms.